The molecule has 0 fully saturated rings. The summed E-state index contributed by atoms with van der Waals surface area (Å²) in [6.45, 7) is 2.26. The van der Waals surface area contributed by atoms with Crippen LogP contribution in [-0.4, -0.2) is 35.4 Å². The van der Waals surface area contributed by atoms with E-state index in [1.54, 1.807) is 19.1 Å². The second-order valence-corrected chi connectivity index (χ2v) is 3.67. The van der Waals surface area contributed by atoms with Crippen LogP contribution in [0.4, 0.5) is 18.0 Å². The second-order valence-electron chi connectivity index (χ2n) is 3.67. The van der Waals surface area contributed by atoms with Crippen LogP contribution in [0, 0.1) is 0 Å². The number of alkyl halides is 3. The molecule has 0 bridgehead atoms. The lowest BCUT2D eigenvalue weighted by atomic mass is 10.0. The molecule has 104 valence electrons. The van der Waals surface area contributed by atoms with Gasteiger partial charge in [0.25, 0.3) is 0 Å². The van der Waals surface area contributed by atoms with Gasteiger partial charge in [0.2, 0.25) is 5.54 Å². The Morgan fingerprint density at radius 2 is 1.89 bits per heavy atom. The number of rotatable bonds is 5. The first-order valence-electron chi connectivity index (χ1n) is 5.12. The maximum Gasteiger partial charge on any atom is 0.422 e. The van der Waals surface area contributed by atoms with Gasteiger partial charge in [-0.2, -0.15) is 13.2 Å². The van der Waals surface area contributed by atoms with Crippen LogP contribution in [-0.2, 0) is 4.79 Å². The van der Waals surface area contributed by atoms with Gasteiger partial charge in [0, 0.05) is 6.54 Å². The number of amides is 2. The van der Waals surface area contributed by atoms with Crippen molar-refractivity contribution in [3.8, 4) is 0 Å². The van der Waals surface area contributed by atoms with Gasteiger partial charge >= 0.3 is 18.2 Å². The van der Waals surface area contributed by atoms with Gasteiger partial charge in [-0.25, -0.2) is 9.59 Å². The average Bonchev–Trinajstić information content (AvgIpc) is 2.22. The molecule has 1 unspecified atom stereocenters. The predicted octanol–water partition coefficient (Wildman–Crippen LogP) is 1.66. The number of aliphatic carboxylic acids is 1. The number of allylic oxidation sites excluding steroid dienone is 1. The minimum absolute atomic E-state index is 0.115. The maximum atomic E-state index is 12.5. The lowest BCUT2D eigenvalue weighted by Gasteiger charge is -2.28. The molecular formula is C10H15F3N2O3. The lowest BCUT2D eigenvalue weighted by molar-refractivity contribution is -0.203. The fourth-order valence-corrected chi connectivity index (χ4v) is 0.953. The molecule has 5 nitrogen and oxygen atoms in total. The van der Waals surface area contributed by atoms with E-state index in [0.29, 0.717) is 13.3 Å². The SMILES string of the molecule is C/C=C/CCNC(=O)NC(C)(C(=O)O)C(F)(F)F. The van der Waals surface area contributed by atoms with E-state index in [1.165, 1.54) is 5.32 Å². The molecule has 3 N–H and O–H groups in total. The number of urea groups is 1. The highest BCUT2D eigenvalue weighted by Gasteiger charge is 2.58. The molecular weight excluding hydrogens is 253 g/mol. The van der Waals surface area contributed by atoms with Crippen molar-refractivity contribution in [2.45, 2.75) is 32.0 Å². The van der Waals surface area contributed by atoms with E-state index in [1.807, 2.05) is 0 Å². The highest BCUT2D eigenvalue weighted by Crippen LogP contribution is 2.30. The molecule has 0 rings (SSSR count). The van der Waals surface area contributed by atoms with Crippen molar-refractivity contribution in [2.24, 2.45) is 0 Å². The Balaban J connectivity index is 4.53. The fraction of sp³-hybridized carbons (Fsp3) is 0.600. The summed E-state index contributed by atoms with van der Waals surface area (Å²) in [5.41, 5.74) is -3.31. The molecule has 0 saturated carbocycles. The predicted molar refractivity (Wildman–Crippen MR) is 58.1 cm³/mol. The van der Waals surface area contributed by atoms with Crippen LogP contribution in [0.2, 0.25) is 0 Å². The molecule has 1 atom stereocenters. The molecule has 0 aliphatic rings. The number of hydrogen-bond acceptors (Lipinski definition) is 2. The molecule has 0 saturated heterocycles. The summed E-state index contributed by atoms with van der Waals surface area (Å²) in [6, 6.07) is -1.18. The van der Waals surface area contributed by atoms with Crippen molar-refractivity contribution in [3.63, 3.8) is 0 Å². The summed E-state index contributed by atoms with van der Waals surface area (Å²) in [6.07, 6.45) is -1.21. The summed E-state index contributed by atoms with van der Waals surface area (Å²) in [5, 5.41) is 12.1. The monoisotopic (exact) mass is 268 g/mol. The highest BCUT2D eigenvalue weighted by molar-refractivity contribution is 5.86. The number of carbonyl (C=O) groups excluding carboxylic acids is 1. The largest absolute Gasteiger partial charge is 0.479 e. The van der Waals surface area contributed by atoms with Crippen LogP contribution >= 0.6 is 0 Å². The number of halogens is 3. The first-order chi connectivity index (χ1) is 8.15. The number of carboxylic acid groups (broad SMARTS) is 1. The van der Waals surface area contributed by atoms with Crippen molar-refractivity contribution in [3.05, 3.63) is 12.2 Å². The Morgan fingerprint density at radius 3 is 2.28 bits per heavy atom. The third-order valence-corrected chi connectivity index (χ3v) is 2.19. The third kappa shape index (κ3) is 4.27. The zero-order chi connectivity index (χ0) is 14.4. The molecule has 0 aliphatic carbocycles. The van der Waals surface area contributed by atoms with Crippen LogP contribution in [0.5, 0.6) is 0 Å². The van der Waals surface area contributed by atoms with E-state index < -0.39 is 23.7 Å². The summed E-state index contributed by atoms with van der Waals surface area (Å²) < 4.78 is 37.6. The average molecular weight is 268 g/mol. The minimum Gasteiger partial charge on any atom is -0.479 e. The standard InChI is InChI=1S/C10H15F3N2O3/c1-3-4-5-6-14-8(18)15-9(2,7(16)17)10(11,12)13/h3-4H,5-6H2,1-2H3,(H,16,17)(H2,14,15,18)/b4-3+. The van der Waals surface area contributed by atoms with Crippen molar-refractivity contribution >= 4 is 12.0 Å². The topological polar surface area (TPSA) is 78.4 Å². The van der Waals surface area contributed by atoms with Gasteiger partial charge in [-0.3, -0.25) is 0 Å². The van der Waals surface area contributed by atoms with Crippen molar-refractivity contribution in [1.82, 2.24) is 10.6 Å². The van der Waals surface area contributed by atoms with Crippen molar-refractivity contribution < 1.29 is 27.9 Å². The smallest absolute Gasteiger partial charge is 0.422 e. The second kappa shape index (κ2) is 6.27. The molecule has 8 heteroatoms. The van der Waals surface area contributed by atoms with Gasteiger partial charge < -0.3 is 15.7 Å². The number of carbonyl (C=O) groups is 2. The first kappa shape index (κ1) is 16.3. The minimum atomic E-state index is -5.08. The first-order valence-corrected chi connectivity index (χ1v) is 5.12. The molecule has 0 radical (unpaired) electrons. The van der Waals surface area contributed by atoms with Gasteiger partial charge in [-0.05, 0) is 20.3 Å². The fourth-order valence-electron chi connectivity index (χ4n) is 0.953. The normalized spacial score (nSPS) is 15.2. The Kier molecular flexibility index (Phi) is 5.67. The van der Waals surface area contributed by atoms with Crippen LogP contribution in [0.1, 0.15) is 20.3 Å². The van der Waals surface area contributed by atoms with Gasteiger partial charge in [0.15, 0.2) is 0 Å². The van der Waals surface area contributed by atoms with Crippen molar-refractivity contribution in [1.29, 1.82) is 0 Å². The van der Waals surface area contributed by atoms with E-state index in [-0.39, 0.29) is 6.54 Å². The van der Waals surface area contributed by atoms with Gasteiger partial charge in [0.05, 0.1) is 0 Å². The van der Waals surface area contributed by atoms with E-state index >= 15 is 0 Å². The highest BCUT2D eigenvalue weighted by atomic mass is 19.4. The van der Waals surface area contributed by atoms with Crippen LogP contribution < -0.4 is 10.6 Å². The number of hydrogen-bond donors (Lipinski definition) is 3. The molecule has 18 heavy (non-hydrogen) atoms. The summed E-state index contributed by atoms with van der Waals surface area (Å²) in [5.74, 6) is -2.17. The summed E-state index contributed by atoms with van der Waals surface area (Å²) >= 11 is 0. The Hall–Kier alpha value is -1.73. The van der Waals surface area contributed by atoms with E-state index in [9.17, 15) is 22.8 Å². The van der Waals surface area contributed by atoms with E-state index in [2.05, 4.69) is 5.32 Å². The van der Waals surface area contributed by atoms with Crippen molar-refractivity contribution in [2.75, 3.05) is 6.54 Å². The molecule has 0 aromatic heterocycles. The van der Waals surface area contributed by atoms with Gasteiger partial charge in [-0.15, -0.1) is 0 Å². The quantitative estimate of drug-likeness (QED) is 0.524. The zero-order valence-electron chi connectivity index (χ0n) is 9.97. The Bertz CT molecular complexity index is 342. The van der Waals surface area contributed by atoms with E-state index in [0.717, 1.165) is 0 Å². The zero-order valence-corrected chi connectivity index (χ0v) is 9.97. The number of carboxylic acids is 1. The van der Waals surface area contributed by atoms with Crippen LogP contribution in [0.3, 0.4) is 0 Å². The molecule has 0 aromatic carbocycles. The molecule has 0 aromatic rings. The molecule has 2 amide bonds. The molecule has 0 spiro atoms. The van der Waals surface area contributed by atoms with Crippen LogP contribution in [0.25, 0.3) is 0 Å². The molecule has 0 heterocycles. The van der Waals surface area contributed by atoms with Gasteiger partial charge in [0.1, 0.15) is 0 Å². The molecule has 0 aliphatic heterocycles. The summed E-state index contributed by atoms with van der Waals surface area (Å²) in [4.78, 5) is 21.8. The van der Waals surface area contributed by atoms with Crippen LogP contribution in [0.15, 0.2) is 12.2 Å². The van der Waals surface area contributed by atoms with Gasteiger partial charge in [-0.1, -0.05) is 12.2 Å². The maximum absolute atomic E-state index is 12.5. The summed E-state index contributed by atoms with van der Waals surface area (Å²) in [7, 11) is 0. The third-order valence-electron chi connectivity index (χ3n) is 2.19. The Labute approximate surface area is 102 Å². The lowest BCUT2D eigenvalue weighted by Crippen LogP contribution is -2.63. The Morgan fingerprint density at radius 1 is 1.33 bits per heavy atom. The van der Waals surface area contributed by atoms with E-state index in [4.69, 9.17) is 5.11 Å². The number of nitrogens with one attached hydrogen (secondary N) is 2.